The molecule has 2 heterocycles. The van der Waals surface area contributed by atoms with Crippen LogP contribution in [0.25, 0.3) is 10.9 Å². The second-order valence-corrected chi connectivity index (χ2v) is 15.6. The first-order valence-corrected chi connectivity index (χ1v) is 20.4. The highest BCUT2D eigenvalue weighted by atomic mass is 19.1. The van der Waals surface area contributed by atoms with E-state index in [0.29, 0.717) is 50.0 Å². The number of halogens is 1. The first-order chi connectivity index (χ1) is 29.6. The van der Waals surface area contributed by atoms with Crippen molar-refractivity contribution in [3.63, 3.8) is 0 Å². The van der Waals surface area contributed by atoms with Gasteiger partial charge in [0.25, 0.3) is 0 Å². The van der Waals surface area contributed by atoms with Gasteiger partial charge in [-0.1, -0.05) is 61.0 Å². The van der Waals surface area contributed by atoms with Gasteiger partial charge in [0.2, 0.25) is 11.3 Å². The minimum absolute atomic E-state index is 0.0167. The number of unbranched alkanes of at least 4 members (excludes halogenated alkanes) is 1. The molecular weight excluding hydrogens is 802 g/mol. The fourth-order valence-corrected chi connectivity index (χ4v) is 6.94. The number of piperazine rings is 1. The van der Waals surface area contributed by atoms with E-state index in [1.54, 1.807) is 60.6 Å². The lowest BCUT2D eigenvalue weighted by Gasteiger charge is -2.35. The number of pyridine rings is 1. The number of nitrogens with zero attached hydrogens (tertiary/aromatic N) is 3. The first-order valence-electron chi connectivity index (χ1n) is 20.4. The molecule has 3 aromatic carbocycles. The van der Waals surface area contributed by atoms with Crippen LogP contribution in [-0.4, -0.2) is 82.2 Å². The van der Waals surface area contributed by atoms with Crippen LogP contribution in [0.2, 0.25) is 0 Å². The van der Waals surface area contributed by atoms with Crippen LogP contribution in [0.4, 0.5) is 19.7 Å². The normalized spacial score (nSPS) is 13.6. The number of amides is 3. The minimum Gasteiger partial charge on any atom is -0.477 e. The second kappa shape index (κ2) is 21.1. The highest BCUT2D eigenvalue weighted by Crippen LogP contribution is 2.27. The SMILES string of the molecule is CCn1cc(C(=O)O)c(=O)c2cc(F)c(N3CCN(C(=O)OCc4ccc(CC(=O)[C@H](CCCCC(N)=O)N/C=C(\N)C(C)(C)NC(=O)OCc5ccccc5)cc4)CC3)cc21. The smallest absolute Gasteiger partial charge is 0.410 e. The van der Waals surface area contributed by atoms with Gasteiger partial charge in [-0.15, -0.1) is 0 Å². The summed E-state index contributed by atoms with van der Waals surface area (Å²) in [4.78, 5) is 78.1. The fraction of sp³-hybridized carbons (Fsp3) is 0.378. The number of alkyl carbamates (subject to hydrolysis) is 1. The number of hydrogen-bond donors (Lipinski definition) is 5. The third kappa shape index (κ3) is 12.3. The van der Waals surface area contributed by atoms with Crippen LogP contribution < -0.4 is 32.4 Å². The number of nitrogens with two attached hydrogens (primary N) is 2. The predicted octanol–water partition coefficient (Wildman–Crippen LogP) is 4.94. The number of ether oxygens (including phenoxy) is 2. The number of aromatic carboxylic acids is 1. The van der Waals surface area contributed by atoms with Crippen molar-refractivity contribution < 1.29 is 42.9 Å². The number of ketones is 1. The van der Waals surface area contributed by atoms with Gasteiger partial charge in [0, 0.05) is 69.0 Å². The van der Waals surface area contributed by atoms with Crippen molar-refractivity contribution in [2.45, 2.75) is 84.2 Å². The molecule has 5 rings (SSSR count). The van der Waals surface area contributed by atoms with E-state index in [0.717, 1.165) is 17.2 Å². The van der Waals surface area contributed by atoms with Crippen molar-refractivity contribution in [1.82, 2.24) is 20.1 Å². The molecule has 7 N–H and O–H groups in total. The molecule has 0 aliphatic carbocycles. The maximum atomic E-state index is 15.3. The van der Waals surface area contributed by atoms with E-state index in [4.69, 9.17) is 20.9 Å². The molecule has 0 spiro atoms. The Morgan fingerprint density at radius 3 is 2.19 bits per heavy atom. The number of carboxylic acids is 1. The molecule has 1 aromatic heterocycles. The van der Waals surface area contributed by atoms with Gasteiger partial charge in [-0.05, 0) is 62.4 Å². The van der Waals surface area contributed by atoms with E-state index >= 15 is 4.39 Å². The molecule has 0 radical (unpaired) electrons. The number of carbonyl (C=O) groups is 5. The summed E-state index contributed by atoms with van der Waals surface area (Å²) >= 11 is 0. The third-order valence-electron chi connectivity index (χ3n) is 10.7. The van der Waals surface area contributed by atoms with Crippen molar-refractivity contribution in [1.29, 1.82) is 0 Å². The van der Waals surface area contributed by atoms with E-state index in [-0.39, 0.29) is 61.7 Å². The zero-order valence-electron chi connectivity index (χ0n) is 35.2. The molecule has 330 valence electrons. The largest absolute Gasteiger partial charge is 0.477 e. The van der Waals surface area contributed by atoms with E-state index in [9.17, 15) is 33.9 Å². The van der Waals surface area contributed by atoms with Gasteiger partial charge in [-0.3, -0.25) is 14.4 Å². The Bertz CT molecular complexity index is 2340. The van der Waals surface area contributed by atoms with Crippen molar-refractivity contribution in [2.75, 3.05) is 31.1 Å². The zero-order chi connectivity index (χ0) is 45.0. The Hall–Kier alpha value is -6.91. The Balaban J connectivity index is 1.13. The summed E-state index contributed by atoms with van der Waals surface area (Å²) < 4.78 is 27.9. The number of fused-ring (bicyclic) bond motifs is 1. The van der Waals surface area contributed by atoms with Crippen LogP contribution in [0.3, 0.4) is 0 Å². The molecule has 0 unspecified atom stereocenters. The van der Waals surface area contributed by atoms with E-state index in [1.807, 2.05) is 30.3 Å². The molecule has 4 aromatic rings. The number of aromatic nitrogens is 1. The average Bonchev–Trinajstić information content (AvgIpc) is 3.25. The summed E-state index contributed by atoms with van der Waals surface area (Å²) in [6.07, 6.45) is 3.29. The van der Waals surface area contributed by atoms with E-state index in [2.05, 4.69) is 10.6 Å². The fourth-order valence-electron chi connectivity index (χ4n) is 6.94. The number of rotatable bonds is 19. The molecule has 16 nitrogen and oxygen atoms in total. The second-order valence-electron chi connectivity index (χ2n) is 15.6. The topological polar surface area (TPSA) is 229 Å². The van der Waals surface area contributed by atoms with Crippen LogP contribution in [0.15, 0.2) is 89.6 Å². The van der Waals surface area contributed by atoms with Crippen LogP contribution in [-0.2, 0) is 45.2 Å². The molecule has 0 bridgehead atoms. The molecule has 0 saturated carbocycles. The van der Waals surface area contributed by atoms with Crippen molar-refractivity contribution in [3.05, 3.63) is 123 Å². The number of carboxylic acid groups (broad SMARTS) is 1. The third-order valence-corrected chi connectivity index (χ3v) is 10.7. The van der Waals surface area contributed by atoms with Gasteiger partial charge >= 0.3 is 18.2 Å². The number of nitrogens with one attached hydrogen (secondary N) is 2. The van der Waals surface area contributed by atoms with E-state index < -0.39 is 52.5 Å². The van der Waals surface area contributed by atoms with Crippen LogP contribution in [0.1, 0.15) is 73.5 Å². The van der Waals surface area contributed by atoms with Crippen LogP contribution >= 0.6 is 0 Å². The molecule has 62 heavy (non-hydrogen) atoms. The van der Waals surface area contributed by atoms with Gasteiger partial charge in [0.05, 0.1) is 22.8 Å². The summed E-state index contributed by atoms with van der Waals surface area (Å²) in [5.74, 6) is -2.60. The molecule has 1 atom stereocenters. The monoisotopic (exact) mass is 855 g/mol. The van der Waals surface area contributed by atoms with Crippen LogP contribution in [0.5, 0.6) is 0 Å². The lowest BCUT2D eigenvalue weighted by Crippen LogP contribution is -2.49. The van der Waals surface area contributed by atoms with Gasteiger partial charge in [0.15, 0.2) is 5.78 Å². The maximum absolute atomic E-state index is 15.3. The lowest BCUT2D eigenvalue weighted by molar-refractivity contribution is -0.120. The van der Waals surface area contributed by atoms with Crippen molar-refractivity contribution in [3.8, 4) is 0 Å². The first kappa shape index (κ1) is 46.2. The highest BCUT2D eigenvalue weighted by molar-refractivity contribution is 5.93. The average molecular weight is 856 g/mol. The molecule has 1 saturated heterocycles. The number of aryl methyl sites for hydroxylation is 1. The number of benzene rings is 3. The van der Waals surface area contributed by atoms with Gasteiger partial charge in [-0.25, -0.2) is 18.8 Å². The Kier molecular flexibility index (Phi) is 15.7. The lowest BCUT2D eigenvalue weighted by atomic mass is 9.97. The quantitative estimate of drug-likeness (QED) is 0.0791. The molecular formula is C45H54FN7O9. The van der Waals surface area contributed by atoms with Crippen LogP contribution in [0, 0.1) is 5.82 Å². The summed E-state index contributed by atoms with van der Waals surface area (Å²) in [6, 6.07) is 18.3. The number of primary amides is 1. The number of hydrogen-bond acceptors (Lipinski definition) is 11. The van der Waals surface area contributed by atoms with Crippen molar-refractivity contribution >= 4 is 46.4 Å². The number of anilines is 1. The number of Topliss-reactive ketones (excluding diaryl/α,β-unsaturated/α-hetero) is 1. The molecule has 3 amide bonds. The van der Waals surface area contributed by atoms with E-state index in [1.165, 1.54) is 17.3 Å². The number of carbonyl (C=O) groups excluding carboxylic acids is 4. The summed E-state index contributed by atoms with van der Waals surface area (Å²) in [7, 11) is 0. The zero-order valence-corrected chi connectivity index (χ0v) is 35.2. The summed E-state index contributed by atoms with van der Waals surface area (Å²) in [5.41, 5.74) is 12.6. The van der Waals surface area contributed by atoms with Gasteiger partial charge < -0.3 is 51.0 Å². The summed E-state index contributed by atoms with van der Waals surface area (Å²) in [6.45, 7) is 6.75. The van der Waals surface area contributed by atoms with Crippen molar-refractivity contribution in [2.24, 2.45) is 11.5 Å². The Morgan fingerprint density at radius 2 is 1.55 bits per heavy atom. The Morgan fingerprint density at radius 1 is 0.903 bits per heavy atom. The molecule has 1 fully saturated rings. The maximum Gasteiger partial charge on any atom is 0.410 e. The summed E-state index contributed by atoms with van der Waals surface area (Å²) in [5, 5.41) is 15.3. The molecule has 17 heteroatoms. The predicted molar refractivity (Wildman–Crippen MR) is 231 cm³/mol. The molecule has 1 aliphatic heterocycles. The highest BCUT2D eigenvalue weighted by Gasteiger charge is 2.27. The molecule has 1 aliphatic rings. The Labute approximate surface area is 358 Å². The standard InChI is InChI=1S/C45H54FN7O9/c1-4-51-26-33(42(57)58)41(56)32-23-34(46)37(24-36(32)51)52-18-20-53(21-19-52)44(60)62-28-31-16-14-29(15-17-31)22-38(54)35(12-8-9-13-40(48)55)49-25-39(47)45(2,3)50-43(59)61-27-30-10-6-5-7-11-30/h5-7,10-11,14-17,23-26,35,49H,4,8-9,12-13,18-22,27-28,47H2,1-3H3,(H2,48,55)(H,50,59)(H,57,58)/b39-25-/t35-/m0/s1. The van der Waals surface area contributed by atoms with Gasteiger partial charge in [0.1, 0.15) is 24.6 Å². The minimum atomic E-state index is -1.38. The van der Waals surface area contributed by atoms with Gasteiger partial charge in [-0.2, -0.15) is 0 Å².